The van der Waals surface area contributed by atoms with E-state index in [0.717, 1.165) is 0 Å². The molecule has 0 unspecified atom stereocenters. The topological polar surface area (TPSA) is 87.3 Å². The molecule has 0 spiro atoms. The minimum absolute atomic E-state index is 0.00365. The van der Waals surface area contributed by atoms with Crippen LogP contribution in [0.25, 0.3) is 0 Å². The highest BCUT2D eigenvalue weighted by atomic mass is 16.5. The van der Waals surface area contributed by atoms with Gasteiger partial charge in [0.15, 0.2) is 12.4 Å². The number of nitrogens with zero attached hydrogens (tertiary/aromatic N) is 2. The molecule has 0 fully saturated rings. The van der Waals surface area contributed by atoms with Gasteiger partial charge in [0.2, 0.25) is 0 Å². The molecule has 0 aliphatic carbocycles. The second-order valence-corrected chi connectivity index (χ2v) is 3.66. The first kappa shape index (κ1) is 12.8. The van der Waals surface area contributed by atoms with Gasteiger partial charge in [-0.2, -0.15) is 0 Å². The number of nitrogens with two attached hydrogens (primary N) is 1. The highest BCUT2D eigenvalue weighted by Crippen LogP contribution is 2.25. The summed E-state index contributed by atoms with van der Waals surface area (Å²) in [5.41, 5.74) is 6.32. The van der Waals surface area contributed by atoms with Crippen LogP contribution in [0, 0.1) is 0 Å². The van der Waals surface area contributed by atoms with E-state index in [1.807, 2.05) is 0 Å². The van der Waals surface area contributed by atoms with Gasteiger partial charge in [0.25, 0.3) is 0 Å². The summed E-state index contributed by atoms with van der Waals surface area (Å²) < 4.78 is 10.1. The number of ether oxygens (including phenoxy) is 2. The first-order chi connectivity index (χ1) is 9.22. The number of carbonyl (C=O) groups is 1. The van der Waals surface area contributed by atoms with Gasteiger partial charge >= 0.3 is 5.97 Å². The predicted molar refractivity (Wildman–Crippen MR) is 68.6 cm³/mol. The number of para-hydroxylation sites is 1. The summed E-state index contributed by atoms with van der Waals surface area (Å²) in [6.45, 7) is -0.00365. The van der Waals surface area contributed by atoms with Crippen LogP contribution < -0.4 is 10.5 Å². The Morgan fingerprint density at radius 3 is 2.68 bits per heavy atom. The zero-order valence-electron chi connectivity index (χ0n) is 10.4. The van der Waals surface area contributed by atoms with E-state index in [0.29, 0.717) is 11.6 Å². The SMILES string of the molecule is COc1cccc(C(=O)OCc2ncccn2)c1N. The second kappa shape index (κ2) is 5.81. The molecular formula is C13H13N3O3. The number of rotatable bonds is 4. The van der Waals surface area contributed by atoms with Crippen LogP contribution in [-0.2, 0) is 11.3 Å². The Labute approximate surface area is 110 Å². The van der Waals surface area contributed by atoms with Gasteiger partial charge in [-0.25, -0.2) is 14.8 Å². The Morgan fingerprint density at radius 1 is 1.26 bits per heavy atom. The van der Waals surface area contributed by atoms with Crippen LogP contribution in [0.1, 0.15) is 16.2 Å². The van der Waals surface area contributed by atoms with Crippen molar-refractivity contribution in [3.05, 3.63) is 48.0 Å². The maximum atomic E-state index is 11.9. The molecule has 0 aliphatic rings. The number of carbonyl (C=O) groups excluding carboxylic acids is 1. The summed E-state index contributed by atoms with van der Waals surface area (Å²) in [5, 5.41) is 0. The third-order valence-corrected chi connectivity index (χ3v) is 2.46. The van der Waals surface area contributed by atoms with Gasteiger partial charge in [0.05, 0.1) is 18.4 Å². The lowest BCUT2D eigenvalue weighted by atomic mass is 10.1. The Kier molecular flexibility index (Phi) is 3.92. The largest absolute Gasteiger partial charge is 0.495 e. The van der Waals surface area contributed by atoms with Crippen molar-refractivity contribution in [2.24, 2.45) is 0 Å². The van der Waals surface area contributed by atoms with Crippen molar-refractivity contribution in [1.29, 1.82) is 0 Å². The summed E-state index contributed by atoms with van der Waals surface area (Å²) in [4.78, 5) is 19.8. The van der Waals surface area contributed by atoms with E-state index in [1.54, 1.807) is 36.7 Å². The molecule has 1 heterocycles. The van der Waals surface area contributed by atoms with Gasteiger partial charge < -0.3 is 15.2 Å². The molecule has 2 rings (SSSR count). The van der Waals surface area contributed by atoms with Crippen molar-refractivity contribution < 1.29 is 14.3 Å². The lowest BCUT2D eigenvalue weighted by Crippen LogP contribution is -2.10. The fourth-order valence-corrected chi connectivity index (χ4v) is 1.51. The summed E-state index contributed by atoms with van der Waals surface area (Å²) in [6, 6.07) is 6.61. The average Bonchev–Trinajstić information content (AvgIpc) is 2.46. The molecule has 2 aromatic rings. The standard InChI is InChI=1S/C13H13N3O3/c1-18-10-5-2-4-9(12(10)14)13(17)19-8-11-15-6-3-7-16-11/h2-7H,8,14H2,1H3. The molecule has 0 amide bonds. The predicted octanol–water partition coefficient (Wildman–Crippen LogP) is 1.42. The summed E-state index contributed by atoms with van der Waals surface area (Å²) in [5.74, 6) is 0.326. The fraction of sp³-hybridized carbons (Fsp3) is 0.154. The van der Waals surface area contributed by atoms with Crippen LogP contribution in [0.15, 0.2) is 36.7 Å². The van der Waals surface area contributed by atoms with Crippen molar-refractivity contribution >= 4 is 11.7 Å². The Bertz CT molecular complexity index is 573. The Morgan fingerprint density at radius 2 is 2.00 bits per heavy atom. The smallest absolute Gasteiger partial charge is 0.340 e. The first-order valence-corrected chi connectivity index (χ1v) is 5.58. The maximum absolute atomic E-state index is 11.9. The second-order valence-electron chi connectivity index (χ2n) is 3.66. The molecule has 2 N–H and O–H groups in total. The first-order valence-electron chi connectivity index (χ1n) is 5.58. The van der Waals surface area contributed by atoms with Crippen molar-refractivity contribution in [3.8, 4) is 5.75 Å². The van der Waals surface area contributed by atoms with Crippen LogP contribution in [-0.4, -0.2) is 23.0 Å². The summed E-state index contributed by atoms with van der Waals surface area (Å²) in [7, 11) is 1.48. The highest BCUT2D eigenvalue weighted by molar-refractivity contribution is 5.96. The number of nitrogen functional groups attached to an aromatic ring is 1. The molecular weight excluding hydrogens is 246 g/mol. The van der Waals surface area contributed by atoms with Gasteiger partial charge in [-0.15, -0.1) is 0 Å². The summed E-state index contributed by atoms with van der Waals surface area (Å²) in [6.07, 6.45) is 3.16. The molecule has 0 atom stereocenters. The molecule has 0 aliphatic heterocycles. The minimum Gasteiger partial charge on any atom is -0.495 e. The molecule has 0 radical (unpaired) electrons. The number of hydrogen-bond donors (Lipinski definition) is 1. The van der Waals surface area contributed by atoms with Crippen LogP contribution in [0.3, 0.4) is 0 Å². The van der Waals surface area contributed by atoms with E-state index in [4.69, 9.17) is 15.2 Å². The van der Waals surface area contributed by atoms with Gasteiger partial charge in [-0.05, 0) is 18.2 Å². The normalized spacial score (nSPS) is 9.95. The molecule has 0 saturated carbocycles. The quantitative estimate of drug-likeness (QED) is 0.660. The molecule has 1 aromatic carbocycles. The third-order valence-electron chi connectivity index (χ3n) is 2.46. The van der Waals surface area contributed by atoms with Gasteiger partial charge in [-0.1, -0.05) is 6.07 Å². The van der Waals surface area contributed by atoms with Gasteiger partial charge in [0.1, 0.15) is 5.75 Å². The van der Waals surface area contributed by atoms with E-state index < -0.39 is 5.97 Å². The van der Waals surface area contributed by atoms with E-state index in [2.05, 4.69) is 9.97 Å². The van der Waals surface area contributed by atoms with Crippen LogP contribution >= 0.6 is 0 Å². The lowest BCUT2D eigenvalue weighted by molar-refractivity contribution is 0.0463. The molecule has 6 heteroatoms. The van der Waals surface area contributed by atoms with E-state index >= 15 is 0 Å². The van der Waals surface area contributed by atoms with Crippen molar-refractivity contribution in [2.75, 3.05) is 12.8 Å². The molecule has 6 nitrogen and oxygen atoms in total. The van der Waals surface area contributed by atoms with Crippen LogP contribution in [0.2, 0.25) is 0 Å². The van der Waals surface area contributed by atoms with E-state index in [9.17, 15) is 4.79 Å². The van der Waals surface area contributed by atoms with E-state index in [-0.39, 0.29) is 17.9 Å². The molecule has 98 valence electrons. The lowest BCUT2D eigenvalue weighted by Gasteiger charge is -2.09. The zero-order valence-corrected chi connectivity index (χ0v) is 10.4. The molecule has 19 heavy (non-hydrogen) atoms. The van der Waals surface area contributed by atoms with Crippen molar-refractivity contribution in [3.63, 3.8) is 0 Å². The fourth-order valence-electron chi connectivity index (χ4n) is 1.51. The number of methoxy groups -OCH3 is 1. The number of benzene rings is 1. The number of anilines is 1. The van der Waals surface area contributed by atoms with Gasteiger partial charge in [-0.3, -0.25) is 0 Å². The molecule has 1 aromatic heterocycles. The monoisotopic (exact) mass is 259 g/mol. The van der Waals surface area contributed by atoms with Crippen molar-refractivity contribution in [2.45, 2.75) is 6.61 Å². The average molecular weight is 259 g/mol. The Hall–Kier alpha value is -2.63. The summed E-state index contributed by atoms with van der Waals surface area (Å²) >= 11 is 0. The molecule has 0 bridgehead atoms. The zero-order chi connectivity index (χ0) is 13.7. The van der Waals surface area contributed by atoms with Crippen LogP contribution in [0.4, 0.5) is 5.69 Å². The molecule has 0 saturated heterocycles. The van der Waals surface area contributed by atoms with Crippen molar-refractivity contribution in [1.82, 2.24) is 9.97 Å². The highest BCUT2D eigenvalue weighted by Gasteiger charge is 2.14. The number of aromatic nitrogens is 2. The van der Waals surface area contributed by atoms with Crippen LogP contribution in [0.5, 0.6) is 5.75 Å². The minimum atomic E-state index is -0.538. The Balaban J connectivity index is 2.08. The third kappa shape index (κ3) is 2.98. The maximum Gasteiger partial charge on any atom is 0.340 e. The number of esters is 1. The van der Waals surface area contributed by atoms with Gasteiger partial charge in [0, 0.05) is 12.4 Å². The number of hydrogen-bond acceptors (Lipinski definition) is 6. The van der Waals surface area contributed by atoms with E-state index in [1.165, 1.54) is 7.11 Å².